The van der Waals surface area contributed by atoms with Crippen LogP contribution < -0.4 is 19.5 Å². The van der Waals surface area contributed by atoms with E-state index in [1.54, 1.807) is 56.8 Å². The van der Waals surface area contributed by atoms with Gasteiger partial charge < -0.3 is 18.9 Å². The van der Waals surface area contributed by atoms with E-state index in [1.165, 1.54) is 0 Å². The van der Waals surface area contributed by atoms with Crippen molar-refractivity contribution in [2.24, 2.45) is 0 Å². The molecule has 1 amide bonds. The minimum Gasteiger partial charge on any atom is -0.493 e. The molecule has 1 heterocycles. The van der Waals surface area contributed by atoms with E-state index in [0.717, 1.165) is 22.0 Å². The maximum atomic E-state index is 12.1. The number of carbonyl (C=O) groups excluding carboxylic acids is 1. The highest BCUT2D eigenvalue weighted by molar-refractivity contribution is 5.88. The number of anilines is 1. The molecule has 0 saturated carbocycles. The van der Waals surface area contributed by atoms with Crippen LogP contribution in [0.15, 0.2) is 72.9 Å². The Morgan fingerprint density at radius 1 is 0.909 bits per heavy atom. The smallest absolute Gasteiger partial charge is 0.411 e. The summed E-state index contributed by atoms with van der Waals surface area (Å²) in [5, 5.41) is 3.51. The predicted octanol–water partition coefficient (Wildman–Crippen LogP) is 6.10. The van der Waals surface area contributed by atoms with Gasteiger partial charge in [0.1, 0.15) is 18.1 Å². The monoisotopic (exact) mass is 444 g/mol. The number of rotatable bonds is 7. The fourth-order valence-corrected chi connectivity index (χ4v) is 3.37. The molecule has 0 atom stereocenters. The highest BCUT2D eigenvalue weighted by atomic mass is 16.5. The Bertz CT molecular complexity index is 1270. The van der Waals surface area contributed by atoms with Crippen molar-refractivity contribution in [1.82, 2.24) is 4.98 Å². The number of nitrogens with one attached hydrogen (secondary N) is 1. The summed E-state index contributed by atoms with van der Waals surface area (Å²) in [6.07, 6.45) is 1.15. The summed E-state index contributed by atoms with van der Waals surface area (Å²) in [5.41, 5.74) is 3.38. The molecule has 0 bridgehead atoms. The van der Waals surface area contributed by atoms with Crippen molar-refractivity contribution in [2.45, 2.75) is 13.5 Å². The van der Waals surface area contributed by atoms with Gasteiger partial charge in [0.2, 0.25) is 0 Å². The average molecular weight is 444 g/mol. The number of carbonyl (C=O) groups is 1. The normalized spacial score (nSPS) is 10.5. The molecule has 3 aromatic carbocycles. The van der Waals surface area contributed by atoms with Crippen molar-refractivity contribution in [2.75, 3.05) is 19.5 Å². The Kier molecular flexibility index (Phi) is 6.59. The van der Waals surface area contributed by atoms with Crippen LogP contribution >= 0.6 is 0 Å². The third kappa shape index (κ3) is 5.33. The first-order valence-corrected chi connectivity index (χ1v) is 10.3. The molecule has 0 radical (unpaired) electrons. The number of hydrogen-bond donors (Lipinski definition) is 1. The van der Waals surface area contributed by atoms with Gasteiger partial charge in [-0.05, 0) is 48.9 Å². The van der Waals surface area contributed by atoms with E-state index in [1.807, 2.05) is 37.3 Å². The van der Waals surface area contributed by atoms with Gasteiger partial charge in [-0.1, -0.05) is 29.8 Å². The first-order valence-electron chi connectivity index (χ1n) is 10.3. The average Bonchev–Trinajstić information content (AvgIpc) is 2.83. The molecule has 0 aliphatic carbocycles. The highest BCUT2D eigenvalue weighted by Crippen LogP contribution is 2.36. The number of pyridine rings is 1. The number of hydrogen-bond acceptors (Lipinski definition) is 6. The zero-order chi connectivity index (χ0) is 23.2. The van der Waals surface area contributed by atoms with E-state index < -0.39 is 6.09 Å². The van der Waals surface area contributed by atoms with Crippen LogP contribution in [0.3, 0.4) is 0 Å². The van der Waals surface area contributed by atoms with Crippen molar-refractivity contribution in [3.05, 3.63) is 84.1 Å². The Hall–Kier alpha value is -4.26. The fourth-order valence-electron chi connectivity index (χ4n) is 3.37. The molecular formula is C26H24N2O5. The van der Waals surface area contributed by atoms with Crippen molar-refractivity contribution >= 4 is 22.7 Å². The molecule has 7 nitrogen and oxygen atoms in total. The zero-order valence-corrected chi connectivity index (χ0v) is 18.6. The van der Waals surface area contributed by atoms with Crippen LogP contribution in [0.5, 0.6) is 23.0 Å². The van der Waals surface area contributed by atoms with Gasteiger partial charge in [-0.3, -0.25) is 10.3 Å². The van der Waals surface area contributed by atoms with Crippen LogP contribution in [-0.4, -0.2) is 25.3 Å². The molecule has 4 rings (SSSR count). The number of ether oxygens (including phenoxy) is 4. The van der Waals surface area contributed by atoms with Crippen LogP contribution in [-0.2, 0) is 11.3 Å². The van der Waals surface area contributed by atoms with Crippen molar-refractivity contribution in [1.29, 1.82) is 0 Å². The number of fused-ring (bicyclic) bond motifs is 1. The lowest BCUT2D eigenvalue weighted by atomic mass is 10.1. The van der Waals surface area contributed by atoms with E-state index in [-0.39, 0.29) is 6.61 Å². The molecule has 1 N–H and O–H groups in total. The van der Waals surface area contributed by atoms with Gasteiger partial charge in [0.25, 0.3) is 0 Å². The lowest BCUT2D eigenvalue weighted by Gasteiger charge is -2.13. The molecule has 0 aliphatic rings. The minimum absolute atomic E-state index is 0.206. The molecule has 0 fully saturated rings. The largest absolute Gasteiger partial charge is 0.493 e. The topological polar surface area (TPSA) is 78.9 Å². The van der Waals surface area contributed by atoms with Crippen LogP contribution in [0, 0.1) is 6.92 Å². The number of amides is 1. The number of methoxy groups -OCH3 is 2. The molecule has 7 heteroatoms. The van der Waals surface area contributed by atoms with E-state index in [2.05, 4.69) is 10.3 Å². The SMILES string of the molecule is COc1cc2nccc(Oc3ccc(NC(=O)OCc4cccc(C)c4)cc3)c2cc1OC. The molecule has 0 aliphatic heterocycles. The van der Waals surface area contributed by atoms with Crippen molar-refractivity contribution in [3.8, 4) is 23.0 Å². The third-order valence-corrected chi connectivity index (χ3v) is 4.99. The van der Waals surface area contributed by atoms with Crippen molar-refractivity contribution in [3.63, 3.8) is 0 Å². The fraction of sp³-hybridized carbons (Fsp3) is 0.154. The minimum atomic E-state index is -0.522. The van der Waals surface area contributed by atoms with Gasteiger partial charge in [-0.15, -0.1) is 0 Å². The van der Waals surface area contributed by atoms with Crippen LogP contribution in [0.25, 0.3) is 10.9 Å². The third-order valence-electron chi connectivity index (χ3n) is 4.99. The van der Waals surface area contributed by atoms with E-state index in [9.17, 15) is 4.79 Å². The van der Waals surface area contributed by atoms with E-state index in [0.29, 0.717) is 28.7 Å². The lowest BCUT2D eigenvalue weighted by molar-refractivity contribution is 0.155. The van der Waals surface area contributed by atoms with Gasteiger partial charge in [0.05, 0.1) is 19.7 Å². The van der Waals surface area contributed by atoms with Gasteiger partial charge in [-0.25, -0.2) is 4.79 Å². The Morgan fingerprint density at radius 2 is 1.67 bits per heavy atom. The number of benzene rings is 3. The van der Waals surface area contributed by atoms with Crippen LogP contribution in [0.2, 0.25) is 0 Å². The van der Waals surface area contributed by atoms with Gasteiger partial charge in [0, 0.05) is 23.3 Å². The predicted molar refractivity (Wildman–Crippen MR) is 126 cm³/mol. The summed E-state index contributed by atoms with van der Waals surface area (Å²) in [6.45, 7) is 2.20. The summed E-state index contributed by atoms with van der Waals surface area (Å²) in [6, 6.07) is 20.3. The summed E-state index contributed by atoms with van der Waals surface area (Å²) in [7, 11) is 3.16. The summed E-state index contributed by atoms with van der Waals surface area (Å²) in [5.74, 6) is 2.42. The first kappa shape index (κ1) is 22.0. The molecule has 1 aromatic heterocycles. The summed E-state index contributed by atoms with van der Waals surface area (Å²) in [4.78, 5) is 16.5. The molecule has 0 saturated heterocycles. The molecule has 0 spiro atoms. The van der Waals surface area contributed by atoms with Gasteiger partial charge in [-0.2, -0.15) is 0 Å². The van der Waals surface area contributed by atoms with Crippen LogP contribution in [0.4, 0.5) is 10.5 Å². The molecular weight excluding hydrogens is 420 g/mol. The second kappa shape index (κ2) is 9.91. The Labute approximate surface area is 191 Å². The molecule has 33 heavy (non-hydrogen) atoms. The zero-order valence-electron chi connectivity index (χ0n) is 18.6. The molecule has 4 aromatic rings. The van der Waals surface area contributed by atoms with Crippen molar-refractivity contribution < 1.29 is 23.7 Å². The number of nitrogens with zero attached hydrogens (tertiary/aromatic N) is 1. The maximum absolute atomic E-state index is 12.1. The highest BCUT2D eigenvalue weighted by Gasteiger charge is 2.12. The lowest BCUT2D eigenvalue weighted by Crippen LogP contribution is -2.13. The Morgan fingerprint density at radius 3 is 2.39 bits per heavy atom. The number of aromatic nitrogens is 1. The van der Waals surface area contributed by atoms with Gasteiger partial charge in [0.15, 0.2) is 11.5 Å². The molecule has 0 unspecified atom stereocenters. The Balaban J connectivity index is 1.42. The second-order valence-electron chi connectivity index (χ2n) is 7.35. The molecule has 168 valence electrons. The number of aryl methyl sites for hydroxylation is 1. The summed E-state index contributed by atoms with van der Waals surface area (Å²) < 4.78 is 22.1. The summed E-state index contributed by atoms with van der Waals surface area (Å²) >= 11 is 0. The van der Waals surface area contributed by atoms with Crippen LogP contribution in [0.1, 0.15) is 11.1 Å². The maximum Gasteiger partial charge on any atom is 0.411 e. The van der Waals surface area contributed by atoms with Gasteiger partial charge >= 0.3 is 6.09 Å². The second-order valence-corrected chi connectivity index (χ2v) is 7.35. The van der Waals surface area contributed by atoms with E-state index >= 15 is 0 Å². The standard InChI is InChI=1S/C26H24N2O5/c1-17-5-4-6-18(13-17)16-32-26(29)28-19-7-9-20(10-8-19)33-23-11-12-27-22-15-25(31-3)24(30-2)14-21(22)23/h4-15H,16H2,1-3H3,(H,28,29). The first-order chi connectivity index (χ1) is 16.1. The van der Waals surface area contributed by atoms with E-state index in [4.69, 9.17) is 18.9 Å². The quantitative estimate of drug-likeness (QED) is 0.371.